The highest BCUT2D eigenvalue weighted by atomic mass is 16.7. The lowest BCUT2D eigenvalue weighted by atomic mass is 10.2. The monoisotopic (exact) mass is 144 g/mol. The Morgan fingerprint density at radius 3 is 1.90 bits per heavy atom. The second kappa shape index (κ2) is 4.47. The number of rotatable bonds is 1. The maximum absolute atomic E-state index is 5.27. The third kappa shape index (κ3) is 2.50. The van der Waals surface area contributed by atoms with Gasteiger partial charge in [-0.3, -0.25) is 0 Å². The van der Waals surface area contributed by atoms with Gasteiger partial charge in [-0.25, -0.2) is 0 Å². The first kappa shape index (κ1) is 9.66. The summed E-state index contributed by atoms with van der Waals surface area (Å²) in [5.74, 6) is -0.264. The maximum Gasteiger partial charge on any atom is 0.165 e. The molecule has 0 saturated carbocycles. The molecule has 0 spiro atoms. The summed E-state index contributed by atoms with van der Waals surface area (Å²) in [7, 11) is 0. The Morgan fingerprint density at radius 1 is 1.30 bits per heavy atom. The standard InChI is InChI=1S/C6H12O2.C2H4/c1-3-6(2)7-4-5-8-6;1-2/h3-5H2,1-2H3;1-2H2. The van der Waals surface area contributed by atoms with Crippen LogP contribution in [0.15, 0.2) is 13.2 Å². The quantitative estimate of drug-likeness (QED) is 0.524. The molecule has 0 aromatic rings. The number of ether oxygens (including phenoxy) is 2. The van der Waals surface area contributed by atoms with Gasteiger partial charge in [0.1, 0.15) is 0 Å². The van der Waals surface area contributed by atoms with Crippen LogP contribution >= 0.6 is 0 Å². The molecular formula is C8H16O2. The van der Waals surface area contributed by atoms with Crippen LogP contribution in [0.4, 0.5) is 0 Å². The molecule has 0 aromatic carbocycles. The van der Waals surface area contributed by atoms with Gasteiger partial charge in [0.05, 0.1) is 13.2 Å². The van der Waals surface area contributed by atoms with Crippen molar-refractivity contribution in [2.24, 2.45) is 0 Å². The Kier molecular flexibility index (Phi) is 4.32. The van der Waals surface area contributed by atoms with E-state index >= 15 is 0 Å². The lowest BCUT2D eigenvalue weighted by Crippen LogP contribution is -2.23. The van der Waals surface area contributed by atoms with E-state index < -0.39 is 0 Å². The minimum absolute atomic E-state index is 0.264. The largest absolute Gasteiger partial charge is 0.348 e. The Morgan fingerprint density at radius 2 is 1.70 bits per heavy atom. The van der Waals surface area contributed by atoms with E-state index in [0.717, 1.165) is 19.6 Å². The van der Waals surface area contributed by atoms with Crippen LogP contribution in [0.1, 0.15) is 20.3 Å². The van der Waals surface area contributed by atoms with Crippen LogP contribution < -0.4 is 0 Å². The lowest BCUT2D eigenvalue weighted by molar-refractivity contribution is -0.143. The number of hydrogen-bond donors (Lipinski definition) is 0. The molecule has 2 nitrogen and oxygen atoms in total. The van der Waals surface area contributed by atoms with E-state index in [2.05, 4.69) is 20.1 Å². The van der Waals surface area contributed by atoms with Crippen LogP contribution in [0.3, 0.4) is 0 Å². The van der Waals surface area contributed by atoms with Crippen LogP contribution in [-0.2, 0) is 9.47 Å². The third-order valence-corrected chi connectivity index (χ3v) is 1.54. The lowest BCUT2D eigenvalue weighted by Gasteiger charge is -2.18. The summed E-state index contributed by atoms with van der Waals surface area (Å²) < 4.78 is 10.5. The zero-order chi connectivity index (χ0) is 8.04. The Bertz CT molecular complexity index is 85.3. The second-order valence-corrected chi connectivity index (χ2v) is 2.18. The molecule has 0 unspecified atom stereocenters. The molecule has 60 valence electrons. The molecular weight excluding hydrogens is 128 g/mol. The van der Waals surface area contributed by atoms with E-state index in [0.29, 0.717) is 0 Å². The molecule has 0 atom stereocenters. The fourth-order valence-corrected chi connectivity index (χ4v) is 0.761. The molecule has 0 radical (unpaired) electrons. The maximum atomic E-state index is 5.27. The Balaban J connectivity index is 0.000000371. The average Bonchev–Trinajstić information content (AvgIpc) is 2.42. The molecule has 0 aliphatic carbocycles. The van der Waals surface area contributed by atoms with Crippen LogP contribution in [-0.4, -0.2) is 19.0 Å². The highest BCUT2D eigenvalue weighted by Crippen LogP contribution is 2.21. The Hall–Kier alpha value is -0.340. The first-order valence-electron chi connectivity index (χ1n) is 3.55. The van der Waals surface area contributed by atoms with Crippen molar-refractivity contribution in [3.05, 3.63) is 13.2 Å². The minimum atomic E-state index is -0.264. The third-order valence-electron chi connectivity index (χ3n) is 1.54. The molecule has 10 heavy (non-hydrogen) atoms. The summed E-state index contributed by atoms with van der Waals surface area (Å²) >= 11 is 0. The molecule has 0 N–H and O–H groups in total. The molecule has 0 bridgehead atoms. The molecule has 1 rings (SSSR count). The van der Waals surface area contributed by atoms with E-state index in [1.165, 1.54) is 0 Å². The van der Waals surface area contributed by atoms with E-state index in [9.17, 15) is 0 Å². The van der Waals surface area contributed by atoms with E-state index in [4.69, 9.17) is 9.47 Å². The molecule has 0 amide bonds. The van der Waals surface area contributed by atoms with Gasteiger partial charge in [0.15, 0.2) is 5.79 Å². The van der Waals surface area contributed by atoms with Gasteiger partial charge in [-0.05, 0) is 13.3 Å². The molecule has 1 heterocycles. The predicted molar refractivity (Wildman–Crippen MR) is 41.9 cm³/mol. The van der Waals surface area contributed by atoms with Crippen molar-refractivity contribution in [3.63, 3.8) is 0 Å². The summed E-state index contributed by atoms with van der Waals surface area (Å²) in [6, 6.07) is 0. The zero-order valence-corrected chi connectivity index (χ0v) is 6.85. The molecule has 1 fully saturated rings. The summed E-state index contributed by atoms with van der Waals surface area (Å²) in [5, 5.41) is 0. The topological polar surface area (TPSA) is 18.5 Å². The summed E-state index contributed by atoms with van der Waals surface area (Å²) in [4.78, 5) is 0. The first-order valence-corrected chi connectivity index (χ1v) is 3.55. The first-order chi connectivity index (χ1) is 4.77. The van der Waals surface area contributed by atoms with Gasteiger partial charge >= 0.3 is 0 Å². The molecule has 0 aromatic heterocycles. The van der Waals surface area contributed by atoms with Gasteiger partial charge in [-0.2, -0.15) is 0 Å². The van der Waals surface area contributed by atoms with Crippen molar-refractivity contribution in [3.8, 4) is 0 Å². The van der Waals surface area contributed by atoms with Crippen molar-refractivity contribution in [1.82, 2.24) is 0 Å². The molecule has 2 heteroatoms. The van der Waals surface area contributed by atoms with Crippen LogP contribution in [0.2, 0.25) is 0 Å². The van der Waals surface area contributed by atoms with Gasteiger partial charge in [0.2, 0.25) is 0 Å². The van der Waals surface area contributed by atoms with Gasteiger partial charge in [-0.15, -0.1) is 13.2 Å². The highest BCUT2D eigenvalue weighted by Gasteiger charge is 2.27. The van der Waals surface area contributed by atoms with Gasteiger partial charge in [0.25, 0.3) is 0 Å². The SMILES string of the molecule is C=C.CCC1(C)OCCO1. The minimum Gasteiger partial charge on any atom is -0.348 e. The number of hydrogen-bond acceptors (Lipinski definition) is 2. The van der Waals surface area contributed by atoms with E-state index in [-0.39, 0.29) is 5.79 Å². The highest BCUT2D eigenvalue weighted by molar-refractivity contribution is 4.64. The molecule has 1 aliphatic heterocycles. The van der Waals surface area contributed by atoms with Crippen LogP contribution in [0.25, 0.3) is 0 Å². The Labute approximate surface area is 62.8 Å². The van der Waals surface area contributed by atoms with Gasteiger partial charge in [0, 0.05) is 0 Å². The smallest absolute Gasteiger partial charge is 0.165 e. The van der Waals surface area contributed by atoms with Crippen molar-refractivity contribution in [1.29, 1.82) is 0 Å². The average molecular weight is 144 g/mol. The molecule has 1 aliphatic rings. The van der Waals surface area contributed by atoms with Crippen molar-refractivity contribution in [2.75, 3.05) is 13.2 Å². The van der Waals surface area contributed by atoms with Crippen molar-refractivity contribution >= 4 is 0 Å². The van der Waals surface area contributed by atoms with Crippen molar-refractivity contribution < 1.29 is 9.47 Å². The van der Waals surface area contributed by atoms with E-state index in [1.54, 1.807) is 0 Å². The fourth-order valence-electron chi connectivity index (χ4n) is 0.761. The van der Waals surface area contributed by atoms with Crippen LogP contribution in [0, 0.1) is 0 Å². The normalized spacial score (nSPS) is 21.4. The summed E-state index contributed by atoms with van der Waals surface area (Å²) in [6.07, 6.45) is 0.938. The zero-order valence-electron chi connectivity index (χ0n) is 6.85. The second-order valence-electron chi connectivity index (χ2n) is 2.18. The van der Waals surface area contributed by atoms with Gasteiger partial charge < -0.3 is 9.47 Å². The fraction of sp³-hybridized carbons (Fsp3) is 0.750. The van der Waals surface area contributed by atoms with Gasteiger partial charge in [-0.1, -0.05) is 6.92 Å². The summed E-state index contributed by atoms with van der Waals surface area (Å²) in [6.45, 7) is 11.5. The molecule has 1 saturated heterocycles. The summed E-state index contributed by atoms with van der Waals surface area (Å²) in [5.41, 5.74) is 0. The van der Waals surface area contributed by atoms with Crippen LogP contribution in [0.5, 0.6) is 0 Å². The van der Waals surface area contributed by atoms with E-state index in [1.807, 2.05) is 6.92 Å². The predicted octanol–water partition coefficient (Wildman–Crippen LogP) is 1.96. The van der Waals surface area contributed by atoms with Crippen molar-refractivity contribution in [2.45, 2.75) is 26.1 Å².